The SMILES string of the molecule is Cc1nn(CCc2nc(-c3ccc(Br)cc3)cs2)c2nc(-c3cccs3)cc(C(F)(F)F)c12. The molecule has 0 saturated heterocycles. The van der Waals surface area contributed by atoms with Crippen molar-refractivity contribution in [3.8, 4) is 21.8 Å². The van der Waals surface area contributed by atoms with Crippen LogP contribution in [-0.2, 0) is 19.1 Å². The van der Waals surface area contributed by atoms with Crippen LogP contribution in [0.5, 0.6) is 0 Å². The maximum absolute atomic E-state index is 13.9. The summed E-state index contributed by atoms with van der Waals surface area (Å²) < 4.78 is 44.3. The van der Waals surface area contributed by atoms with Gasteiger partial charge in [-0.3, -0.25) is 0 Å². The van der Waals surface area contributed by atoms with Crippen molar-refractivity contribution in [2.24, 2.45) is 0 Å². The Morgan fingerprint density at radius 2 is 1.82 bits per heavy atom. The second-order valence-corrected chi connectivity index (χ2v) is 10.2. The van der Waals surface area contributed by atoms with Crippen LogP contribution in [0.4, 0.5) is 13.2 Å². The highest BCUT2D eigenvalue weighted by atomic mass is 79.9. The van der Waals surface area contributed by atoms with Gasteiger partial charge in [-0.05, 0) is 36.6 Å². The molecule has 0 aliphatic carbocycles. The number of hydrogen-bond donors (Lipinski definition) is 0. The smallest absolute Gasteiger partial charge is 0.247 e. The van der Waals surface area contributed by atoms with E-state index in [1.807, 2.05) is 35.0 Å². The molecule has 4 aromatic heterocycles. The number of pyridine rings is 1. The van der Waals surface area contributed by atoms with Crippen molar-refractivity contribution in [3.05, 3.63) is 74.0 Å². The number of benzene rings is 1. The largest absolute Gasteiger partial charge is 0.417 e. The molecule has 4 heterocycles. The van der Waals surface area contributed by atoms with Gasteiger partial charge in [0.25, 0.3) is 0 Å². The zero-order valence-corrected chi connectivity index (χ0v) is 20.4. The molecule has 1 aromatic carbocycles. The van der Waals surface area contributed by atoms with Crippen LogP contribution in [0.3, 0.4) is 0 Å². The number of hydrogen-bond acceptors (Lipinski definition) is 5. The number of aryl methyl sites for hydroxylation is 3. The summed E-state index contributed by atoms with van der Waals surface area (Å²) in [4.78, 5) is 9.95. The normalized spacial score (nSPS) is 12.0. The van der Waals surface area contributed by atoms with Gasteiger partial charge in [-0.15, -0.1) is 22.7 Å². The van der Waals surface area contributed by atoms with E-state index in [0.29, 0.717) is 29.2 Å². The monoisotopic (exact) mass is 548 g/mol. The van der Waals surface area contributed by atoms with Crippen molar-refractivity contribution < 1.29 is 13.2 Å². The summed E-state index contributed by atoms with van der Waals surface area (Å²) in [5.74, 6) is 0. The molecule has 33 heavy (non-hydrogen) atoms. The number of thiophene rings is 1. The summed E-state index contributed by atoms with van der Waals surface area (Å²) in [6.45, 7) is 1.98. The van der Waals surface area contributed by atoms with E-state index in [0.717, 1.165) is 26.8 Å². The lowest BCUT2D eigenvalue weighted by atomic mass is 10.1. The Labute approximate surface area is 203 Å². The Balaban J connectivity index is 1.49. The minimum atomic E-state index is -4.50. The second kappa shape index (κ2) is 8.66. The van der Waals surface area contributed by atoms with Crippen LogP contribution in [-0.4, -0.2) is 19.7 Å². The van der Waals surface area contributed by atoms with Crippen molar-refractivity contribution in [2.45, 2.75) is 26.1 Å². The van der Waals surface area contributed by atoms with Crippen LogP contribution in [0, 0.1) is 6.92 Å². The predicted octanol–water partition coefficient (Wildman–Crippen LogP) is 7.62. The Kier molecular flexibility index (Phi) is 5.84. The molecule has 5 rings (SSSR count). The summed E-state index contributed by atoms with van der Waals surface area (Å²) in [7, 11) is 0. The molecule has 168 valence electrons. The van der Waals surface area contributed by atoms with Gasteiger partial charge in [0.1, 0.15) is 0 Å². The molecule has 0 unspecified atom stereocenters. The number of halogens is 4. The van der Waals surface area contributed by atoms with Gasteiger partial charge in [-0.25, -0.2) is 14.6 Å². The van der Waals surface area contributed by atoms with Crippen LogP contribution >= 0.6 is 38.6 Å². The molecule has 0 bridgehead atoms. The van der Waals surface area contributed by atoms with E-state index in [1.165, 1.54) is 22.7 Å². The molecular formula is C23H16BrF3N4S2. The molecule has 5 aromatic rings. The lowest BCUT2D eigenvalue weighted by Gasteiger charge is -2.11. The number of fused-ring (bicyclic) bond motifs is 1. The van der Waals surface area contributed by atoms with Gasteiger partial charge >= 0.3 is 6.18 Å². The molecular weight excluding hydrogens is 533 g/mol. The average Bonchev–Trinajstić information content (AvgIpc) is 3.53. The van der Waals surface area contributed by atoms with Gasteiger partial charge in [-0.2, -0.15) is 18.3 Å². The number of rotatable bonds is 5. The fraction of sp³-hybridized carbons (Fsp3) is 0.174. The molecule has 0 saturated carbocycles. The van der Waals surface area contributed by atoms with Crippen molar-refractivity contribution in [1.82, 2.24) is 19.7 Å². The predicted molar refractivity (Wildman–Crippen MR) is 130 cm³/mol. The third-order valence-electron chi connectivity index (χ3n) is 5.19. The highest BCUT2D eigenvalue weighted by molar-refractivity contribution is 9.10. The van der Waals surface area contributed by atoms with Gasteiger partial charge in [0.15, 0.2) is 5.65 Å². The first-order valence-electron chi connectivity index (χ1n) is 9.99. The molecule has 0 fully saturated rings. The number of nitrogens with zero attached hydrogens (tertiary/aromatic N) is 4. The van der Waals surface area contributed by atoms with E-state index < -0.39 is 11.7 Å². The summed E-state index contributed by atoms with van der Waals surface area (Å²) in [5.41, 5.74) is 2.05. The van der Waals surface area contributed by atoms with Crippen LogP contribution in [0.1, 0.15) is 16.3 Å². The fourth-order valence-corrected chi connectivity index (χ4v) is 5.41. The highest BCUT2D eigenvalue weighted by Crippen LogP contribution is 2.39. The first-order chi connectivity index (χ1) is 15.8. The molecule has 4 nitrogen and oxygen atoms in total. The van der Waals surface area contributed by atoms with Crippen molar-refractivity contribution in [3.63, 3.8) is 0 Å². The quantitative estimate of drug-likeness (QED) is 0.227. The standard InChI is InChI=1S/C23H16BrF3N4S2/c1-13-21-16(23(25,26)27)11-17(19-3-2-10-32-19)29-22(21)31(30-13)9-8-20-28-18(12-33-20)14-4-6-15(24)7-5-14/h2-7,10-12H,8-9H2,1H3. The van der Waals surface area contributed by atoms with Gasteiger partial charge < -0.3 is 0 Å². The molecule has 0 atom stereocenters. The summed E-state index contributed by atoms with van der Waals surface area (Å²) in [5, 5.41) is 9.16. The van der Waals surface area contributed by atoms with Gasteiger partial charge in [-0.1, -0.05) is 34.1 Å². The van der Waals surface area contributed by atoms with Crippen LogP contribution in [0.25, 0.3) is 32.9 Å². The molecule has 10 heteroatoms. The van der Waals surface area contributed by atoms with Crippen LogP contribution in [0.15, 0.2) is 57.7 Å². The maximum atomic E-state index is 13.9. The van der Waals surface area contributed by atoms with Gasteiger partial charge in [0, 0.05) is 28.4 Å². The lowest BCUT2D eigenvalue weighted by Crippen LogP contribution is -2.08. The van der Waals surface area contributed by atoms with E-state index in [9.17, 15) is 13.2 Å². The van der Waals surface area contributed by atoms with E-state index >= 15 is 0 Å². The minimum Gasteiger partial charge on any atom is -0.247 e. The van der Waals surface area contributed by atoms with Gasteiger partial charge in [0.2, 0.25) is 0 Å². The van der Waals surface area contributed by atoms with E-state index in [4.69, 9.17) is 4.98 Å². The van der Waals surface area contributed by atoms with Crippen LogP contribution in [0.2, 0.25) is 0 Å². The summed E-state index contributed by atoms with van der Waals surface area (Å²) >= 11 is 6.31. The summed E-state index contributed by atoms with van der Waals surface area (Å²) in [6, 6.07) is 12.6. The third kappa shape index (κ3) is 4.47. The number of alkyl halides is 3. The molecule has 0 amide bonds. The van der Waals surface area contributed by atoms with Gasteiger partial charge in [0.05, 0.1) is 37.9 Å². The Hall–Kier alpha value is -2.56. The van der Waals surface area contributed by atoms with E-state index in [1.54, 1.807) is 23.7 Å². The third-order valence-corrected chi connectivity index (χ3v) is 7.52. The zero-order valence-electron chi connectivity index (χ0n) is 17.2. The Morgan fingerprint density at radius 3 is 2.52 bits per heavy atom. The molecule has 0 aliphatic rings. The number of thiazole rings is 1. The van der Waals surface area contributed by atoms with E-state index in [2.05, 4.69) is 26.0 Å². The first-order valence-corrected chi connectivity index (χ1v) is 12.5. The Morgan fingerprint density at radius 1 is 1.03 bits per heavy atom. The van der Waals surface area contributed by atoms with Crippen LogP contribution < -0.4 is 0 Å². The topological polar surface area (TPSA) is 43.6 Å². The van der Waals surface area contributed by atoms with Crippen molar-refractivity contribution >= 4 is 49.6 Å². The molecule has 0 spiro atoms. The molecule has 0 N–H and O–H groups in total. The van der Waals surface area contributed by atoms with Crippen molar-refractivity contribution in [2.75, 3.05) is 0 Å². The minimum absolute atomic E-state index is 0.0532. The molecule has 0 aliphatic heterocycles. The fourth-order valence-electron chi connectivity index (χ4n) is 3.66. The highest BCUT2D eigenvalue weighted by Gasteiger charge is 2.35. The van der Waals surface area contributed by atoms with Crippen molar-refractivity contribution in [1.29, 1.82) is 0 Å². The zero-order chi connectivity index (χ0) is 23.2. The Bertz CT molecular complexity index is 1420. The number of aromatic nitrogens is 4. The summed E-state index contributed by atoms with van der Waals surface area (Å²) in [6.07, 6.45) is -3.95. The first kappa shape index (κ1) is 22.2. The second-order valence-electron chi connectivity index (χ2n) is 7.42. The average molecular weight is 549 g/mol. The maximum Gasteiger partial charge on any atom is 0.417 e. The lowest BCUT2D eigenvalue weighted by molar-refractivity contribution is -0.136. The molecule has 0 radical (unpaired) electrons. The van der Waals surface area contributed by atoms with E-state index in [-0.39, 0.29) is 11.0 Å².